The highest BCUT2D eigenvalue weighted by molar-refractivity contribution is 6.30. The first-order valence-corrected chi connectivity index (χ1v) is 8.76. The largest absolute Gasteiger partial charge is 0.444 e. The van der Waals surface area contributed by atoms with E-state index >= 15 is 0 Å². The molecule has 0 aliphatic carbocycles. The number of rotatable bonds is 5. The van der Waals surface area contributed by atoms with Gasteiger partial charge in [0.25, 0.3) is 0 Å². The van der Waals surface area contributed by atoms with Gasteiger partial charge in [0.2, 0.25) is 5.89 Å². The number of guanidine groups is 1. The van der Waals surface area contributed by atoms with Crippen LogP contribution in [0.25, 0.3) is 11.5 Å². The fraction of sp³-hybridized carbons (Fsp3) is 0.200. The first kappa shape index (κ1) is 18.0. The van der Waals surface area contributed by atoms with E-state index in [1.807, 2.05) is 54.6 Å². The van der Waals surface area contributed by atoms with Crippen LogP contribution in [-0.4, -0.2) is 18.0 Å². The minimum absolute atomic E-state index is 0.0932. The number of oxazole rings is 1. The Morgan fingerprint density at radius 1 is 1.15 bits per heavy atom. The topological polar surface area (TPSA) is 62.5 Å². The Hall–Kier alpha value is -2.79. The Balaban J connectivity index is 1.57. The third kappa shape index (κ3) is 4.64. The molecule has 2 N–H and O–H groups in total. The second-order valence-electron chi connectivity index (χ2n) is 5.85. The van der Waals surface area contributed by atoms with Gasteiger partial charge in [-0.25, -0.2) is 4.98 Å². The molecule has 0 fully saturated rings. The second kappa shape index (κ2) is 8.54. The average Bonchev–Trinajstić information content (AvgIpc) is 3.15. The highest BCUT2D eigenvalue weighted by atomic mass is 35.5. The number of nitrogens with zero attached hydrogens (tertiary/aromatic N) is 2. The molecule has 26 heavy (non-hydrogen) atoms. The van der Waals surface area contributed by atoms with Crippen molar-refractivity contribution in [2.75, 3.05) is 7.05 Å². The summed E-state index contributed by atoms with van der Waals surface area (Å²) in [7, 11) is 1.74. The van der Waals surface area contributed by atoms with Crippen LogP contribution in [0.1, 0.15) is 24.2 Å². The molecule has 0 amide bonds. The summed E-state index contributed by atoms with van der Waals surface area (Å²) in [5, 5.41) is 7.33. The monoisotopic (exact) mass is 368 g/mol. The maximum atomic E-state index is 5.94. The number of benzene rings is 2. The fourth-order valence-electron chi connectivity index (χ4n) is 2.51. The third-order valence-corrected chi connectivity index (χ3v) is 4.21. The Kier molecular flexibility index (Phi) is 5.92. The lowest BCUT2D eigenvalue weighted by molar-refractivity contribution is 0.572. The molecule has 0 saturated carbocycles. The molecule has 1 aromatic heterocycles. The van der Waals surface area contributed by atoms with Crippen molar-refractivity contribution < 1.29 is 4.42 Å². The Morgan fingerprint density at radius 2 is 1.88 bits per heavy atom. The predicted octanol–water partition coefficient (Wildman–Crippen LogP) is 4.42. The molecule has 2 aromatic carbocycles. The molecule has 6 heteroatoms. The van der Waals surface area contributed by atoms with Crippen LogP contribution in [-0.2, 0) is 6.54 Å². The van der Waals surface area contributed by atoms with E-state index in [0.717, 1.165) is 21.8 Å². The second-order valence-corrected chi connectivity index (χ2v) is 6.29. The maximum Gasteiger partial charge on any atom is 0.226 e. The minimum Gasteiger partial charge on any atom is -0.444 e. The molecule has 134 valence electrons. The summed E-state index contributed by atoms with van der Waals surface area (Å²) in [4.78, 5) is 8.77. The Morgan fingerprint density at radius 3 is 2.58 bits per heavy atom. The molecular formula is C20H21ClN4O. The number of aromatic nitrogens is 1. The van der Waals surface area contributed by atoms with E-state index in [9.17, 15) is 0 Å². The number of nitrogens with one attached hydrogen (secondary N) is 2. The molecule has 0 spiro atoms. The van der Waals surface area contributed by atoms with Crippen molar-refractivity contribution in [3.05, 3.63) is 77.1 Å². The molecule has 0 aliphatic heterocycles. The van der Waals surface area contributed by atoms with Crippen LogP contribution >= 0.6 is 11.6 Å². The molecule has 5 nitrogen and oxygen atoms in total. The van der Waals surface area contributed by atoms with Crippen molar-refractivity contribution in [2.24, 2.45) is 4.99 Å². The van der Waals surface area contributed by atoms with Gasteiger partial charge in [-0.3, -0.25) is 4.99 Å². The Labute approximate surface area is 158 Å². The van der Waals surface area contributed by atoms with E-state index < -0.39 is 0 Å². The lowest BCUT2D eigenvalue weighted by Gasteiger charge is -2.18. The smallest absolute Gasteiger partial charge is 0.226 e. The van der Waals surface area contributed by atoms with Crippen molar-refractivity contribution in [3.63, 3.8) is 0 Å². The normalized spacial score (nSPS) is 12.7. The SMILES string of the molecule is CN=C(NCc1coc(-c2ccccc2)n1)NC(C)c1ccc(Cl)cc1. The van der Waals surface area contributed by atoms with Crippen molar-refractivity contribution in [3.8, 4) is 11.5 Å². The van der Waals surface area contributed by atoms with Gasteiger partial charge in [-0.15, -0.1) is 0 Å². The van der Waals surface area contributed by atoms with Gasteiger partial charge in [-0.05, 0) is 36.8 Å². The van der Waals surface area contributed by atoms with Crippen LogP contribution in [0.3, 0.4) is 0 Å². The molecule has 0 saturated heterocycles. The van der Waals surface area contributed by atoms with Gasteiger partial charge >= 0.3 is 0 Å². The Bertz CT molecular complexity index is 859. The predicted molar refractivity (Wildman–Crippen MR) is 105 cm³/mol. The highest BCUT2D eigenvalue weighted by Crippen LogP contribution is 2.18. The third-order valence-electron chi connectivity index (χ3n) is 3.96. The molecular weight excluding hydrogens is 348 g/mol. The zero-order valence-electron chi connectivity index (χ0n) is 14.7. The van der Waals surface area contributed by atoms with Crippen molar-refractivity contribution in [1.82, 2.24) is 15.6 Å². The highest BCUT2D eigenvalue weighted by Gasteiger charge is 2.10. The van der Waals surface area contributed by atoms with E-state index in [1.165, 1.54) is 0 Å². The summed E-state index contributed by atoms with van der Waals surface area (Å²) in [6.07, 6.45) is 1.66. The fourth-order valence-corrected chi connectivity index (χ4v) is 2.64. The number of hydrogen-bond acceptors (Lipinski definition) is 3. The summed E-state index contributed by atoms with van der Waals surface area (Å²) in [6.45, 7) is 2.59. The standard InChI is InChI=1S/C20H21ClN4O/c1-14(15-8-10-17(21)11-9-15)24-20(22-2)23-12-18-13-26-19(25-18)16-6-4-3-5-7-16/h3-11,13-14H,12H2,1-2H3,(H2,22,23,24). The minimum atomic E-state index is 0.0932. The summed E-state index contributed by atoms with van der Waals surface area (Å²) in [5.41, 5.74) is 2.90. The molecule has 3 aromatic rings. The van der Waals surface area contributed by atoms with Gasteiger partial charge in [0, 0.05) is 17.6 Å². The van der Waals surface area contributed by atoms with Gasteiger partial charge < -0.3 is 15.1 Å². The molecule has 0 bridgehead atoms. The number of halogens is 1. The molecule has 1 unspecified atom stereocenters. The van der Waals surface area contributed by atoms with Crippen molar-refractivity contribution in [1.29, 1.82) is 0 Å². The van der Waals surface area contributed by atoms with Crippen LogP contribution in [0.5, 0.6) is 0 Å². The average molecular weight is 369 g/mol. The molecule has 1 heterocycles. The van der Waals surface area contributed by atoms with Gasteiger partial charge in [0.05, 0.1) is 18.3 Å². The summed E-state index contributed by atoms with van der Waals surface area (Å²) >= 11 is 5.94. The number of aliphatic imine (C=N–C) groups is 1. The van der Waals surface area contributed by atoms with Crippen LogP contribution in [0.4, 0.5) is 0 Å². The number of hydrogen-bond donors (Lipinski definition) is 2. The lowest BCUT2D eigenvalue weighted by atomic mass is 10.1. The van der Waals surface area contributed by atoms with E-state index in [0.29, 0.717) is 18.4 Å². The van der Waals surface area contributed by atoms with E-state index in [1.54, 1.807) is 13.3 Å². The zero-order chi connectivity index (χ0) is 18.4. The van der Waals surface area contributed by atoms with Gasteiger partial charge in [0.1, 0.15) is 6.26 Å². The molecule has 0 radical (unpaired) electrons. The van der Waals surface area contributed by atoms with Crippen LogP contribution in [0, 0.1) is 0 Å². The van der Waals surface area contributed by atoms with Gasteiger partial charge in [0.15, 0.2) is 5.96 Å². The first-order valence-electron chi connectivity index (χ1n) is 8.38. The summed E-state index contributed by atoms with van der Waals surface area (Å²) in [5.74, 6) is 1.30. The molecule has 1 atom stereocenters. The zero-order valence-corrected chi connectivity index (χ0v) is 15.5. The van der Waals surface area contributed by atoms with E-state index in [-0.39, 0.29) is 6.04 Å². The van der Waals surface area contributed by atoms with E-state index in [2.05, 4.69) is 27.5 Å². The van der Waals surface area contributed by atoms with Gasteiger partial charge in [-0.1, -0.05) is 41.9 Å². The van der Waals surface area contributed by atoms with Gasteiger partial charge in [-0.2, -0.15) is 0 Å². The van der Waals surface area contributed by atoms with Crippen molar-refractivity contribution >= 4 is 17.6 Å². The molecule has 3 rings (SSSR count). The van der Waals surface area contributed by atoms with Crippen LogP contribution in [0.2, 0.25) is 5.02 Å². The first-order chi connectivity index (χ1) is 12.7. The summed E-state index contributed by atoms with van der Waals surface area (Å²) in [6, 6.07) is 17.7. The van der Waals surface area contributed by atoms with E-state index in [4.69, 9.17) is 16.0 Å². The lowest BCUT2D eigenvalue weighted by Crippen LogP contribution is -2.38. The quantitative estimate of drug-likeness (QED) is 0.517. The van der Waals surface area contributed by atoms with Crippen molar-refractivity contribution in [2.45, 2.75) is 19.5 Å². The van der Waals surface area contributed by atoms with Crippen LogP contribution in [0.15, 0.2) is 70.3 Å². The maximum absolute atomic E-state index is 5.94. The van der Waals surface area contributed by atoms with Crippen LogP contribution < -0.4 is 10.6 Å². The molecule has 0 aliphatic rings. The summed E-state index contributed by atoms with van der Waals surface area (Å²) < 4.78 is 5.55.